The Morgan fingerprint density at radius 1 is 1.15 bits per heavy atom. The Bertz CT molecular complexity index is 1010. The van der Waals surface area contributed by atoms with Crippen molar-refractivity contribution < 1.29 is 14.7 Å². The SMILES string of the molecule is N#Cc1ccc(C[C@@H](NC(=O)c2cnc3ccccc3c2)C(=O)O)cc1. The highest BCUT2D eigenvalue weighted by atomic mass is 16.4. The number of aromatic nitrogens is 1. The molecule has 0 unspecified atom stereocenters. The van der Waals surface area contributed by atoms with E-state index in [0.717, 1.165) is 10.9 Å². The molecule has 3 rings (SSSR count). The fraction of sp³-hybridized carbons (Fsp3) is 0.100. The minimum atomic E-state index is -1.13. The molecule has 0 radical (unpaired) electrons. The van der Waals surface area contributed by atoms with Crippen LogP contribution in [-0.4, -0.2) is 28.0 Å². The number of nitrogens with one attached hydrogen (secondary N) is 1. The number of rotatable bonds is 5. The first kappa shape index (κ1) is 17.1. The van der Waals surface area contributed by atoms with Crippen molar-refractivity contribution in [2.75, 3.05) is 0 Å². The van der Waals surface area contributed by atoms with E-state index in [1.807, 2.05) is 30.3 Å². The van der Waals surface area contributed by atoms with Crippen molar-refractivity contribution in [3.63, 3.8) is 0 Å². The van der Waals surface area contributed by atoms with Gasteiger partial charge in [-0.1, -0.05) is 30.3 Å². The summed E-state index contributed by atoms with van der Waals surface area (Å²) >= 11 is 0. The fourth-order valence-electron chi connectivity index (χ4n) is 2.59. The lowest BCUT2D eigenvalue weighted by molar-refractivity contribution is -0.139. The van der Waals surface area contributed by atoms with E-state index in [9.17, 15) is 14.7 Å². The normalized spacial score (nSPS) is 11.5. The zero-order valence-electron chi connectivity index (χ0n) is 13.7. The number of carbonyl (C=O) groups is 2. The van der Waals surface area contributed by atoms with Gasteiger partial charge in [-0.15, -0.1) is 0 Å². The van der Waals surface area contributed by atoms with Crippen LogP contribution < -0.4 is 5.32 Å². The maximum absolute atomic E-state index is 12.4. The summed E-state index contributed by atoms with van der Waals surface area (Å²) in [5.41, 5.74) is 2.27. The number of nitriles is 1. The second-order valence-electron chi connectivity index (χ2n) is 5.79. The van der Waals surface area contributed by atoms with Crippen molar-refractivity contribution in [1.82, 2.24) is 10.3 Å². The number of para-hydroxylation sites is 1. The molecule has 2 N–H and O–H groups in total. The summed E-state index contributed by atoms with van der Waals surface area (Å²) in [5, 5.41) is 21.6. The Hall–Kier alpha value is -3.72. The third kappa shape index (κ3) is 3.84. The van der Waals surface area contributed by atoms with Gasteiger partial charge in [0.2, 0.25) is 0 Å². The van der Waals surface area contributed by atoms with E-state index in [-0.39, 0.29) is 6.42 Å². The predicted octanol–water partition coefficient (Wildman–Crippen LogP) is 2.53. The molecule has 1 atom stereocenters. The van der Waals surface area contributed by atoms with Crippen LogP contribution in [0.25, 0.3) is 10.9 Å². The third-order valence-electron chi connectivity index (χ3n) is 3.98. The predicted molar refractivity (Wildman–Crippen MR) is 95.5 cm³/mol. The molecule has 128 valence electrons. The summed E-state index contributed by atoms with van der Waals surface area (Å²) < 4.78 is 0. The monoisotopic (exact) mass is 345 g/mol. The number of pyridine rings is 1. The van der Waals surface area contributed by atoms with Crippen molar-refractivity contribution in [3.8, 4) is 6.07 Å². The summed E-state index contributed by atoms with van der Waals surface area (Å²) in [6.45, 7) is 0. The molecule has 2 aromatic carbocycles. The number of carbonyl (C=O) groups excluding carboxylic acids is 1. The van der Waals surface area contributed by atoms with E-state index >= 15 is 0 Å². The van der Waals surface area contributed by atoms with Gasteiger partial charge in [0.15, 0.2) is 0 Å². The molecule has 0 bridgehead atoms. The molecule has 26 heavy (non-hydrogen) atoms. The fourth-order valence-corrected chi connectivity index (χ4v) is 2.59. The number of carboxylic acid groups (broad SMARTS) is 1. The number of fused-ring (bicyclic) bond motifs is 1. The number of amides is 1. The van der Waals surface area contributed by atoms with E-state index in [1.165, 1.54) is 6.20 Å². The van der Waals surface area contributed by atoms with Crippen LogP contribution in [0.5, 0.6) is 0 Å². The lowest BCUT2D eigenvalue weighted by Crippen LogP contribution is -2.42. The molecule has 1 amide bonds. The van der Waals surface area contributed by atoms with Gasteiger partial charge in [0.05, 0.1) is 22.7 Å². The molecular formula is C20H15N3O3. The van der Waals surface area contributed by atoms with Gasteiger partial charge in [0.25, 0.3) is 5.91 Å². The zero-order valence-corrected chi connectivity index (χ0v) is 13.7. The van der Waals surface area contributed by atoms with Gasteiger partial charge >= 0.3 is 5.97 Å². The Kier molecular flexibility index (Phi) is 4.90. The van der Waals surface area contributed by atoms with Gasteiger partial charge in [0.1, 0.15) is 6.04 Å². The van der Waals surface area contributed by atoms with E-state index < -0.39 is 17.9 Å². The van der Waals surface area contributed by atoms with Gasteiger partial charge < -0.3 is 10.4 Å². The molecule has 1 heterocycles. The number of carboxylic acids is 1. The largest absolute Gasteiger partial charge is 0.480 e. The summed E-state index contributed by atoms with van der Waals surface area (Å²) in [7, 11) is 0. The minimum Gasteiger partial charge on any atom is -0.480 e. The van der Waals surface area contributed by atoms with E-state index in [4.69, 9.17) is 5.26 Å². The second-order valence-corrected chi connectivity index (χ2v) is 5.79. The van der Waals surface area contributed by atoms with Crippen LogP contribution in [0.4, 0.5) is 0 Å². The van der Waals surface area contributed by atoms with Crippen LogP contribution in [0.15, 0.2) is 60.8 Å². The zero-order chi connectivity index (χ0) is 18.5. The molecule has 0 spiro atoms. The number of hydrogen-bond acceptors (Lipinski definition) is 4. The number of benzene rings is 2. The first-order chi connectivity index (χ1) is 12.6. The maximum Gasteiger partial charge on any atom is 0.326 e. The molecule has 6 heteroatoms. The summed E-state index contributed by atoms with van der Waals surface area (Å²) in [5.74, 6) is -1.62. The van der Waals surface area contributed by atoms with Crippen molar-refractivity contribution in [2.45, 2.75) is 12.5 Å². The summed E-state index contributed by atoms with van der Waals surface area (Å²) in [6.07, 6.45) is 1.55. The van der Waals surface area contributed by atoms with Crippen LogP contribution >= 0.6 is 0 Å². The van der Waals surface area contributed by atoms with Crippen molar-refractivity contribution in [3.05, 3.63) is 77.5 Å². The van der Waals surface area contributed by atoms with Crippen LogP contribution in [0, 0.1) is 11.3 Å². The van der Waals surface area contributed by atoms with Crippen molar-refractivity contribution >= 4 is 22.8 Å². The van der Waals surface area contributed by atoms with Gasteiger partial charge in [0, 0.05) is 18.0 Å². The summed E-state index contributed by atoms with van der Waals surface area (Å²) in [4.78, 5) is 28.2. The third-order valence-corrected chi connectivity index (χ3v) is 3.98. The van der Waals surface area contributed by atoms with Gasteiger partial charge in [-0.05, 0) is 29.8 Å². The molecule has 1 aromatic heterocycles. The Morgan fingerprint density at radius 2 is 1.88 bits per heavy atom. The second kappa shape index (κ2) is 7.45. The molecule has 0 aliphatic carbocycles. The van der Waals surface area contributed by atoms with Crippen LogP contribution in [0.1, 0.15) is 21.5 Å². The molecule has 0 saturated heterocycles. The average molecular weight is 345 g/mol. The molecular weight excluding hydrogens is 330 g/mol. The molecule has 6 nitrogen and oxygen atoms in total. The van der Waals surface area contributed by atoms with E-state index in [2.05, 4.69) is 10.3 Å². The van der Waals surface area contributed by atoms with Crippen molar-refractivity contribution in [2.24, 2.45) is 0 Å². The first-order valence-electron chi connectivity index (χ1n) is 7.94. The van der Waals surface area contributed by atoms with Crippen LogP contribution in [0.2, 0.25) is 0 Å². The number of aliphatic carboxylic acids is 1. The number of nitrogens with zero attached hydrogens (tertiary/aromatic N) is 2. The molecule has 0 aliphatic heterocycles. The first-order valence-corrected chi connectivity index (χ1v) is 7.94. The van der Waals surface area contributed by atoms with Crippen LogP contribution in [0.3, 0.4) is 0 Å². The van der Waals surface area contributed by atoms with Crippen molar-refractivity contribution in [1.29, 1.82) is 5.26 Å². The molecule has 3 aromatic rings. The quantitative estimate of drug-likeness (QED) is 0.739. The van der Waals surface area contributed by atoms with Crippen LogP contribution in [-0.2, 0) is 11.2 Å². The summed E-state index contributed by atoms with van der Waals surface area (Å²) in [6, 6.07) is 16.6. The van der Waals surface area contributed by atoms with E-state index in [1.54, 1.807) is 30.3 Å². The molecule has 0 saturated carbocycles. The minimum absolute atomic E-state index is 0.119. The molecule has 0 aliphatic rings. The standard InChI is InChI=1S/C20H15N3O3/c21-11-14-7-5-13(6-8-14)9-18(20(25)26)23-19(24)16-10-15-3-1-2-4-17(15)22-12-16/h1-8,10,12,18H,9H2,(H,23,24)(H,25,26)/t18-/m1/s1. The number of hydrogen-bond donors (Lipinski definition) is 2. The van der Waals surface area contributed by atoms with Gasteiger partial charge in [-0.2, -0.15) is 5.26 Å². The topological polar surface area (TPSA) is 103 Å². The lowest BCUT2D eigenvalue weighted by atomic mass is 10.0. The average Bonchev–Trinajstić information content (AvgIpc) is 2.67. The lowest BCUT2D eigenvalue weighted by Gasteiger charge is -2.15. The smallest absolute Gasteiger partial charge is 0.326 e. The van der Waals surface area contributed by atoms with Gasteiger partial charge in [-0.25, -0.2) is 4.79 Å². The Morgan fingerprint density at radius 3 is 2.58 bits per heavy atom. The Labute approximate surface area is 149 Å². The molecule has 0 fully saturated rings. The highest BCUT2D eigenvalue weighted by Gasteiger charge is 2.21. The highest BCUT2D eigenvalue weighted by Crippen LogP contribution is 2.13. The van der Waals surface area contributed by atoms with Gasteiger partial charge in [-0.3, -0.25) is 9.78 Å². The Balaban J connectivity index is 1.76. The van der Waals surface area contributed by atoms with E-state index in [0.29, 0.717) is 16.7 Å². The maximum atomic E-state index is 12.4. The highest BCUT2D eigenvalue weighted by molar-refractivity contribution is 5.99.